The standard InChI is InChI=1S/C57H110O6/c1-7-53(6)45-39-33-27-21-16-17-22-28-34-40-46-55(58)61-49-54(50-62-56(59)47-41-35-29-24-18-20-26-32-38-44-52(4)5)63-57(60)48-42-36-30-23-15-13-11-9-8-10-12-14-19-25-31-37-43-51(2)3/h51-54H,7-50H2,1-6H3/t53?,54-/m1/s1. The first-order valence-electron chi connectivity index (χ1n) is 28.1. The minimum absolute atomic E-state index is 0.0642. The molecule has 1 unspecified atom stereocenters. The number of rotatable bonds is 50. The Morgan fingerprint density at radius 1 is 0.317 bits per heavy atom. The number of ether oxygens (including phenoxy) is 3. The number of hydrogen-bond acceptors (Lipinski definition) is 6. The van der Waals surface area contributed by atoms with Crippen LogP contribution in [0.4, 0.5) is 0 Å². The molecule has 0 saturated heterocycles. The molecule has 0 aliphatic heterocycles. The predicted molar refractivity (Wildman–Crippen MR) is 270 cm³/mol. The fourth-order valence-corrected chi connectivity index (χ4v) is 8.61. The van der Waals surface area contributed by atoms with Crippen LogP contribution in [-0.2, 0) is 28.6 Å². The molecule has 0 amide bonds. The predicted octanol–water partition coefficient (Wildman–Crippen LogP) is 18.3. The molecule has 6 heteroatoms. The average Bonchev–Trinajstić information content (AvgIpc) is 3.25. The molecule has 0 aliphatic rings. The van der Waals surface area contributed by atoms with Gasteiger partial charge < -0.3 is 14.2 Å². The van der Waals surface area contributed by atoms with E-state index in [9.17, 15) is 14.4 Å². The zero-order valence-electron chi connectivity index (χ0n) is 43.4. The summed E-state index contributed by atoms with van der Waals surface area (Å²) in [5, 5.41) is 0. The van der Waals surface area contributed by atoms with Crippen molar-refractivity contribution >= 4 is 17.9 Å². The highest BCUT2D eigenvalue weighted by atomic mass is 16.6. The van der Waals surface area contributed by atoms with E-state index in [0.29, 0.717) is 19.3 Å². The maximum Gasteiger partial charge on any atom is 0.306 e. The van der Waals surface area contributed by atoms with E-state index in [4.69, 9.17) is 14.2 Å². The number of carbonyl (C=O) groups is 3. The molecule has 0 saturated carbocycles. The van der Waals surface area contributed by atoms with E-state index >= 15 is 0 Å². The summed E-state index contributed by atoms with van der Waals surface area (Å²) in [5.74, 6) is 1.68. The number of unbranched alkanes of at least 4 members (excludes halogenated alkanes) is 32. The Hall–Kier alpha value is -1.59. The van der Waals surface area contributed by atoms with Gasteiger partial charge in [-0.25, -0.2) is 0 Å². The van der Waals surface area contributed by atoms with E-state index in [1.165, 1.54) is 193 Å². The molecule has 374 valence electrons. The summed E-state index contributed by atoms with van der Waals surface area (Å²) in [6.45, 7) is 13.8. The highest BCUT2D eigenvalue weighted by Crippen LogP contribution is 2.18. The largest absolute Gasteiger partial charge is 0.462 e. The lowest BCUT2D eigenvalue weighted by atomic mass is 9.99. The maximum atomic E-state index is 12.8. The third-order valence-electron chi connectivity index (χ3n) is 13.3. The Labute approximate surface area is 393 Å². The van der Waals surface area contributed by atoms with Crippen molar-refractivity contribution in [2.75, 3.05) is 13.2 Å². The molecule has 0 aromatic carbocycles. The van der Waals surface area contributed by atoms with E-state index in [-0.39, 0.29) is 31.1 Å². The van der Waals surface area contributed by atoms with Crippen molar-refractivity contribution in [2.24, 2.45) is 17.8 Å². The molecule has 0 heterocycles. The van der Waals surface area contributed by atoms with Crippen LogP contribution in [0.1, 0.15) is 311 Å². The van der Waals surface area contributed by atoms with Gasteiger partial charge in [-0.3, -0.25) is 14.4 Å². The van der Waals surface area contributed by atoms with Crippen LogP contribution in [-0.4, -0.2) is 37.2 Å². The molecule has 63 heavy (non-hydrogen) atoms. The lowest BCUT2D eigenvalue weighted by Gasteiger charge is -2.18. The van der Waals surface area contributed by atoms with Gasteiger partial charge >= 0.3 is 17.9 Å². The van der Waals surface area contributed by atoms with Gasteiger partial charge in [-0.05, 0) is 37.0 Å². The van der Waals surface area contributed by atoms with Gasteiger partial charge in [-0.2, -0.15) is 0 Å². The van der Waals surface area contributed by atoms with Crippen molar-refractivity contribution in [3.05, 3.63) is 0 Å². The van der Waals surface area contributed by atoms with Crippen LogP contribution in [0.2, 0.25) is 0 Å². The molecule has 0 radical (unpaired) electrons. The maximum absolute atomic E-state index is 12.8. The van der Waals surface area contributed by atoms with E-state index in [2.05, 4.69) is 41.5 Å². The van der Waals surface area contributed by atoms with E-state index in [1.54, 1.807) is 0 Å². The molecule has 0 fully saturated rings. The fraction of sp³-hybridized carbons (Fsp3) is 0.947. The zero-order valence-corrected chi connectivity index (χ0v) is 43.4. The second-order valence-corrected chi connectivity index (χ2v) is 20.8. The lowest BCUT2D eigenvalue weighted by Crippen LogP contribution is -2.30. The summed E-state index contributed by atoms with van der Waals surface area (Å²) >= 11 is 0. The quantitative estimate of drug-likeness (QED) is 0.0344. The molecule has 0 bridgehead atoms. The van der Waals surface area contributed by atoms with Crippen LogP contribution in [0, 0.1) is 17.8 Å². The summed E-state index contributed by atoms with van der Waals surface area (Å²) < 4.78 is 16.9. The smallest absolute Gasteiger partial charge is 0.306 e. The van der Waals surface area contributed by atoms with Gasteiger partial charge in [0.05, 0.1) is 0 Å². The Morgan fingerprint density at radius 3 is 0.825 bits per heavy atom. The van der Waals surface area contributed by atoms with E-state index in [0.717, 1.165) is 75.5 Å². The van der Waals surface area contributed by atoms with Crippen LogP contribution < -0.4 is 0 Å². The molecule has 0 spiro atoms. The Kier molecular flexibility index (Phi) is 47.1. The van der Waals surface area contributed by atoms with Crippen LogP contribution >= 0.6 is 0 Å². The van der Waals surface area contributed by atoms with Crippen LogP contribution in [0.25, 0.3) is 0 Å². The number of carbonyl (C=O) groups excluding carboxylic acids is 3. The number of esters is 3. The highest BCUT2D eigenvalue weighted by Gasteiger charge is 2.19. The van der Waals surface area contributed by atoms with Crippen LogP contribution in [0.5, 0.6) is 0 Å². The molecule has 6 nitrogen and oxygen atoms in total. The Balaban J connectivity index is 4.29. The summed E-state index contributed by atoms with van der Waals surface area (Å²) in [6, 6.07) is 0. The summed E-state index contributed by atoms with van der Waals surface area (Å²) in [6.07, 6.45) is 49.5. The fourth-order valence-electron chi connectivity index (χ4n) is 8.61. The van der Waals surface area contributed by atoms with Crippen molar-refractivity contribution in [2.45, 2.75) is 317 Å². The van der Waals surface area contributed by atoms with Gasteiger partial charge in [0.2, 0.25) is 0 Å². The zero-order chi connectivity index (χ0) is 46.3. The third kappa shape index (κ3) is 49.7. The van der Waals surface area contributed by atoms with Crippen molar-refractivity contribution in [1.29, 1.82) is 0 Å². The molecule has 0 aromatic heterocycles. The second-order valence-electron chi connectivity index (χ2n) is 20.8. The van der Waals surface area contributed by atoms with Gasteiger partial charge in [0.25, 0.3) is 0 Å². The van der Waals surface area contributed by atoms with Crippen molar-refractivity contribution in [3.8, 4) is 0 Å². The Bertz CT molecular complexity index is 978. The molecular formula is C57H110O6. The van der Waals surface area contributed by atoms with Gasteiger partial charge in [-0.1, -0.05) is 273 Å². The topological polar surface area (TPSA) is 78.9 Å². The van der Waals surface area contributed by atoms with Crippen LogP contribution in [0.3, 0.4) is 0 Å². The summed E-state index contributed by atoms with van der Waals surface area (Å²) in [7, 11) is 0. The molecule has 0 aliphatic carbocycles. The van der Waals surface area contributed by atoms with Crippen molar-refractivity contribution in [3.63, 3.8) is 0 Å². The van der Waals surface area contributed by atoms with Crippen molar-refractivity contribution < 1.29 is 28.6 Å². The first kappa shape index (κ1) is 61.4. The van der Waals surface area contributed by atoms with Crippen molar-refractivity contribution in [1.82, 2.24) is 0 Å². The van der Waals surface area contributed by atoms with Gasteiger partial charge in [0, 0.05) is 19.3 Å². The first-order chi connectivity index (χ1) is 30.6. The number of hydrogen-bond donors (Lipinski definition) is 0. The highest BCUT2D eigenvalue weighted by molar-refractivity contribution is 5.71. The van der Waals surface area contributed by atoms with Gasteiger partial charge in [-0.15, -0.1) is 0 Å². The minimum Gasteiger partial charge on any atom is -0.462 e. The van der Waals surface area contributed by atoms with E-state index < -0.39 is 6.10 Å². The minimum atomic E-state index is -0.763. The normalized spacial score (nSPS) is 12.6. The van der Waals surface area contributed by atoms with E-state index in [1.807, 2.05) is 0 Å². The SMILES string of the molecule is CCC(C)CCCCCCCCCCCCC(=O)OC[C@H](COC(=O)CCCCCCCCCCCC(C)C)OC(=O)CCCCCCCCCCCCCCCCCCC(C)C. The van der Waals surface area contributed by atoms with Gasteiger partial charge in [0.1, 0.15) is 13.2 Å². The third-order valence-corrected chi connectivity index (χ3v) is 13.3. The molecule has 0 N–H and O–H groups in total. The molecule has 0 rings (SSSR count). The van der Waals surface area contributed by atoms with Crippen LogP contribution in [0.15, 0.2) is 0 Å². The van der Waals surface area contributed by atoms with Gasteiger partial charge in [0.15, 0.2) is 6.10 Å². The molecular weight excluding hydrogens is 781 g/mol. The summed E-state index contributed by atoms with van der Waals surface area (Å²) in [4.78, 5) is 38.1. The first-order valence-corrected chi connectivity index (χ1v) is 28.1. The lowest BCUT2D eigenvalue weighted by molar-refractivity contribution is -0.167. The Morgan fingerprint density at radius 2 is 0.556 bits per heavy atom. The summed E-state index contributed by atoms with van der Waals surface area (Å²) in [5.41, 5.74) is 0. The second kappa shape index (κ2) is 48.3. The molecule has 0 aromatic rings. The molecule has 2 atom stereocenters. The monoisotopic (exact) mass is 891 g/mol. The average molecular weight is 892 g/mol.